The van der Waals surface area contributed by atoms with Crippen molar-refractivity contribution in [3.05, 3.63) is 40.8 Å². The average molecular weight is 653 g/mol. The number of aliphatic hydroxyl groups excluding tert-OH is 1. The number of aromatic nitrogens is 3. The number of nitrogen functional groups attached to an aromatic ring is 1. The number of hydrogen-bond acceptors (Lipinski definition) is 9. The maximum absolute atomic E-state index is 17.2. The number of aliphatic hydroxyl groups is 1. The first-order valence-corrected chi connectivity index (χ1v) is 15.7. The summed E-state index contributed by atoms with van der Waals surface area (Å²) in [6.45, 7) is 3.13. The number of hydrogen-bond donors (Lipinski definition) is 3. The van der Waals surface area contributed by atoms with Crippen LogP contribution >= 0.6 is 0 Å². The van der Waals surface area contributed by atoms with E-state index >= 15 is 17.6 Å². The number of nitrogens with two attached hydrogens (primary N) is 1. The molecular formula is C33H36F4N8O2. The van der Waals surface area contributed by atoms with Crippen LogP contribution in [0.5, 0.6) is 6.01 Å². The van der Waals surface area contributed by atoms with Crippen LogP contribution in [-0.2, 0) is 13.2 Å². The molecule has 47 heavy (non-hydrogen) atoms. The van der Waals surface area contributed by atoms with Gasteiger partial charge in [-0.15, -0.1) is 0 Å². The fraction of sp³-hybridized carbons (Fsp3) is 0.485. The highest BCUT2D eigenvalue weighted by Crippen LogP contribution is 2.48. The Kier molecular flexibility index (Phi) is 7.49. The summed E-state index contributed by atoms with van der Waals surface area (Å²) in [5, 5.41) is 23.8. The highest BCUT2D eigenvalue weighted by molar-refractivity contribution is 6.07. The molecule has 4 aromatic rings. The number of rotatable bonds is 6. The Morgan fingerprint density at radius 2 is 1.89 bits per heavy atom. The fourth-order valence-corrected chi connectivity index (χ4v) is 7.73. The molecule has 7 rings (SSSR count). The molecular weight excluding hydrogens is 616 g/mol. The first-order chi connectivity index (χ1) is 22.4. The number of benzene rings is 2. The highest BCUT2D eigenvalue weighted by Gasteiger charge is 2.42. The van der Waals surface area contributed by atoms with Crippen molar-refractivity contribution in [3.63, 3.8) is 0 Å². The number of ether oxygens (including phenoxy) is 1. The second kappa shape index (κ2) is 11.2. The van der Waals surface area contributed by atoms with Gasteiger partial charge >= 0.3 is 12.2 Å². The highest BCUT2D eigenvalue weighted by atomic mass is 19.4. The van der Waals surface area contributed by atoms with E-state index in [9.17, 15) is 10.4 Å². The summed E-state index contributed by atoms with van der Waals surface area (Å²) in [5.74, 6) is -1.04. The maximum Gasteiger partial charge on any atom is 0.417 e. The van der Waals surface area contributed by atoms with Crippen LogP contribution in [0.1, 0.15) is 42.5 Å². The minimum Gasteiger partial charge on any atom is -0.461 e. The lowest BCUT2D eigenvalue weighted by atomic mass is 9.92. The van der Waals surface area contributed by atoms with Gasteiger partial charge in [0.05, 0.1) is 34.5 Å². The van der Waals surface area contributed by atoms with Gasteiger partial charge in [0.2, 0.25) is 0 Å². The van der Waals surface area contributed by atoms with E-state index in [-0.39, 0.29) is 70.2 Å². The van der Waals surface area contributed by atoms with Crippen LogP contribution in [-0.4, -0.2) is 82.1 Å². The normalized spacial score (nSPS) is 23.3. The van der Waals surface area contributed by atoms with Crippen molar-refractivity contribution >= 4 is 33.3 Å². The summed E-state index contributed by atoms with van der Waals surface area (Å²) in [6.07, 6.45) is -1.63. The van der Waals surface area contributed by atoms with E-state index in [1.807, 2.05) is 22.9 Å². The number of likely N-dealkylation sites (tertiary alicyclic amines) is 1. The molecule has 2 aromatic carbocycles. The molecule has 0 saturated carbocycles. The van der Waals surface area contributed by atoms with Crippen LogP contribution < -0.4 is 20.7 Å². The first-order valence-electron chi connectivity index (χ1n) is 15.7. The zero-order valence-electron chi connectivity index (χ0n) is 26.4. The van der Waals surface area contributed by atoms with Crippen LogP contribution in [0, 0.1) is 24.1 Å². The van der Waals surface area contributed by atoms with E-state index in [4.69, 9.17) is 10.5 Å². The second-order valence-corrected chi connectivity index (χ2v) is 13.1. The third-order valence-corrected chi connectivity index (χ3v) is 10.5. The number of nitrogens with zero attached hydrogens (tertiary/aromatic N) is 6. The molecule has 3 aliphatic heterocycles. The molecule has 5 heterocycles. The van der Waals surface area contributed by atoms with E-state index in [1.54, 1.807) is 24.6 Å². The molecule has 3 aliphatic rings. The van der Waals surface area contributed by atoms with E-state index < -0.39 is 28.7 Å². The van der Waals surface area contributed by atoms with Gasteiger partial charge in [0, 0.05) is 59.8 Å². The minimum absolute atomic E-state index is 0.0140. The van der Waals surface area contributed by atoms with Crippen LogP contribution in [0.15, 0.2) is 18.2 Å². The number of nitriles is 1. The molecule has 248 valence electrons. The van der Waals surface area contributed by atoms with Gasteiger partial charge in [0.15, 0.2) is 5.82 Å². The Hall–Kier alpha value is -4.19. The largest absolute Gasteiger partial charge is 0.461 e. The van der Waals surface area contributed by atoms with Crippen LogP contribution in [0.2, 0.25) is 0 Å². The molecule has 3 saturated heterocycles. The Morgan fingerprint density at radius 1 is 1.17 bits per heavy atom. The summed E-state index contributed by atoms with van der Waals surface area (Å²) in [4.78, 5) is 12.9. The molecule has 0 aliphatic carbocycles. The van der Waals surface area contributed by atoms with Gasteiger partial charge in [-0.2, -0.15) is 28.4 Å². The monoisotopic (exact) mass is 652 g/mol. The summed E-state index contributed by atoms with van der Waals surface area (Å²) in [7, 11) is 3.53. The Balaban J connectivity index is 1.50. The zero-order valence-corrected chi connectivity index (χ0v) is 26.4. The zero-order chi connectivity index (χ0) is 33.4. The van der Waals surface area contributed by atoms with Crippen molar-refractivity contribution in [1.29, 1.82) is 5.26 Å². The molecule has 0 spiro atoms. The molecule has 2 aromatic heterocycles. The van der Waals surface area contributed by atoms with Crippen molar-refractivity contribution in [2.75, 3.05) is 50.5 Å². The standard InChI is InChI=1S/C33H36F4N8O2/c1-17-25(26-21(12-38)23(39)7-8-24(26)44(17)3)27-22(33(35,36)37)11-20-29(28(27)34)41-31(47-16-32(15-46)9-4-10-43(32)2)42-30(20)45-13-18-5-6-19(14-45)40-18/h7-8,11,18-19,40,46H,4-6,9-10,13-16,39H2,1-3H3/t18?,19?,32-/m1/s1. The molecule has 10 nitrogen and oxygen atoms in total. The van der Waals surface area contributed by atoms with Gasteiger partial charge in [0.1, 0.15) is 24.0 Å². The molecule has 3 fully saturated rings. The maximum atomic E-state index is 17.2. The van der Waals surface area contributed by atoms with Crippen molar-refractivity contribution in [2.45, 2.75) is 56.4 Å². The van der Waals surface area contributed by atoms with Crippen molar-refractivity contribution in [1.82, 2.24) is 24.8 Å². The number of fused-ring (bicyclic) bond motifs is 4. The number of piperazine rings is 1. The molecule has 2 unspecified atom stereocenters. The third-order valence-electron chi connectivity index (χ3n) is 10.5. The lowest BCUT2D eigenvalue weighted by molar-refractivity contribution is -0.137. The minimum atomic E-state index is -4.97. The van der Waals surface area contributed by atoms with Gasteiger partial charge in [-0.25, -0.2) is 4.39 Å². The number of aryl methyl sites for hydroxylation is 1. The Labute approximate surface area is 268 Å². The third kappa shape index (κ3) is 4.94. The predicted octanol–water partition coefficient (Wildman–Crippen LogP) is 4.48. The molecule has 3 atom stereocenters. The quantitative estimate of drug-likeness (QED) is 0.204. The van der Waals surface area contributed by atoms with Crippen LogP contribution in [0.3, 0.4) is 0 Å². The average Bonchev–Trinajstić information content (AvgIpc) is 3.67. The van der Waals surface area contributed by atoms with Crippen LogP contribution in [0.4, 0.5) is 29.1 Å². The Bertz CT molecular complexity index is 1940. The number of likely N-dealkylation sites (N-methyl/N-ethyl adjacent to an activating group) is 1. The number of nitrogens with one attached hydrogen (secondary N) is 1. The number of anilines is 2. The van der Waals surface area contributed by atoms with Gasteiger partial charge in [-0.3, -0.25) is 4.90 Å². The second-order valence-electron chi connectivity index (χ2n) is 13.1. The van der Waals surface area contributed by atoms with E-state index in [0.29, 0.717) is 30.7 Å². The van der Waals surface area contributed by atoms with E-state index in [0.717, 1.165) is 31.9 Å². The van der Waals surface area contributed by atoms with Gasteiger partial charge in [-0.1, -0.05) is 0 Å². The summed E-state index contributed by atoms with van der Waals surface area (Å²) >= 11 is 0. The topological polar surface area (TPSA) is 128 Å². The molecule has 0 radical (unpaired) electrons. The number of halogens is 4. The van der Waals surface area contributed by atoms with Crippen molar-refractivity contribution in [2.24, 2.45) is 7.05 Å². The predicted molar refractivity (Wildman–Crippen MR) is 170 cm³/mol. The summed E-state index contributed by atoms with van der Waals surface area (Å²) in [6, 6.07) is 6.10. The van der Waals surface area contributed by atoms with E-state index in [1.165, 1.54) is 6.07 Å². The van der Waals surface area contributed by atoms with Gasteiger partial charge in [0.25, 0.3) is 0 Å². The smallest absolute Gasteiger partial charge is 0.417 e. The molecule has 0 amide bonds. The molecule has 14 heteroatoms. The SMILES string of the molecule is Cc1c(-c2c(C(F)(F)F)cc3c(N4CC5CCC(C4)N5)nc(OC[C@]4(CO)CCCN4C)nc3c2F)c2c(C#N)c(N)ccc2n1C. The molecule has 2 bridgehead atoms. The van der Waals surface area contributed by atoms with Crippen LogP contribution in [0.25, 0.3) is 32.9 Å². The first kappa shape index (κ1) is 31.4. The Morgan fingerprint density at radius 3 is 2.51 bits per heavy atom. The van der Waals surface area contributed by atoms with Gasteiger partial charge < -0.3 is 30.4 Å². The number of alkyl halides is 3. The van der Waals surface area contributed by atoms with E-state index in [2.05, 4.69) is 15.3 Å². The van der Waals surface area contributed by atoms with Crippen molar-refractivity contribution < 1.29 is 27.4 Å². The van der Waals surface area contributed by atoms with Crippen molar-refractivity contribution in [3.8, 4) is 23.2 Å². The summed E-state index contributed by atoms with van der Waals surface area (Å²) < 4.78 is 70.1. The lowest BCUT2D eigenvalue weighted by Gasteiger charge is -2.35. The molecule has 4 N–H and O–H groups in total. The van der Waals surface area contributed by atoms with Gasteiger partial charge in [-0.05, 0) is 64.4 Å². The lowest BCUT2D eigenvalue weighted by Crippen LogP contribution is -2.51. The fourth-order valence-electron chi connectivity index (χ4n) is 7.73. The summed E-state index contributed by atoms with van der Waals surface area (Å²) in [5.41, 5.74) is 3.90.